The Morgan fingerprint density at radius 3 is 1.80 bits per heavy atom. The minimum absolute atomic E-state index is 0.281. The quantitative estimate of drug-likeness (QED) is 0.812. The summed E-state index contributed by atoms with van der Waals surface area (Å²) in [5.41, 5.74) is 0. The van der Waals surface area contributed by atoms with Crippen LogP contribution in [0, 0.1) is 0 Å². The molecule has 2 atom stereocenters. The van der Waals surface area contributed by atoms with E-state index in [0.717, 1.165) is 22.9 Å². The fourth-order valence-electron chi connectivity index (χ4n) is 2.35. The average molecular weight is 304 g/mol. The third-order valence-electron chi connectivity index (χ3n) is 3.35. The summed E-state index contributed by atoms with van der Waals surface area (Å²) in [6, 6.07) is 0.563. The molecule has 4 nitrogen and oxygen atoms in total. The molecule has 0 bridgehead atoms. The van der Waals surface area contributed by atoms with Crippen LogP contribution in [0.2, 0.25) is 0 Å². The normalized spacial score (nSPS) is 23.8. The van der Waals surface area contributed by atoms with Gasteiger partial charge in [-0.25, -0.2) is 9.97 Å². The lowest BCUT2D eigenvalue weighted by molar-refractivity contribution is 0.390. The highest BCUT2D eigenvalue weighted by Gasteiger charge is 2.23. The molecule has 2 heterocycles. The summed E-state index contributed by atoms with van der Waals surface area (Å²) >= 11 is 3.23. The Bertz CT molecular complexity index is 508. The smallest absolute Gasteiger partial charge is 0.133 e. The summed E-state index contributed by atoms with van der Waals surface area (Å²) in [5.74, 6) is 0. The van der Waals surface area contributed by atoms with Crippen LogP contribution >= 0.6 is 22.7 Å². The maximum atomic E-state index is 4.70. The van der Waals surface area contributed by atoms with Crippen molar-refractivity contribution in [1.82, 2.24) is 9.97 Å². The van der Waals surface area contributed by atoms with Crippen LogP contribution in [-0.4, -0.2) is 34.5 Å². The molecule has 0 radical (unpaired) electrons. The van der Waals surface area contributed by atoms with Crippen LogP contribution in [0.25, 0.3) is 0 Å². The van der Waals surface area contributed by atoms with E-state index >= 15 is 0 Å². The fraction of sp³-hybridized carbons (Fsp3) is 0.429. The predicted octanol–water partition coefficient (Wildman–Crippen LogP) is 3.45. The van der Waals surface area contributed by atoms with Crippen LogP contribution in [0.5, 0.6) is 0 Å². The molecule has 0 aliphatic heterocycles. The number of hydrogen-bond acceptors (Lipinski definition) is 6. The van der Waals surface area contributed by atoms with Crippen LogP contribution in [0.1, 0.15) is 35.7 Å². The number of aromatic nitrogens is 2. The van der Waals surface area contributed by atoms with E-state index in [1.54, 1.807) is 22.7 Å². The first-order valence-corrected chi connectivity index (χ1v) is 8.53. The minimum Gasteiger partial charge on any atom is -0.284 e. The molecule has 2 aromatic heterocycles. The molecule has 0 N–H and O–H groups in total. The van der Waals surface area contributed by atoms with E-state index in [4.69, 9.17) is 9.98 Å². The van der Waals surface area contributed by atoms with Crippen molar-refractivity contribution in [3.8, 4) is 0 Å². The Kier molecular flexibility index (Phi) is 4.65. The van der Waals surface area contributed by atoms with Crippen LogP contribution in [-0.2, 0) is 0 Å². The van der Waals surface area contributed by atoms with Crippen LogP contribution < -0.4 is 0 Å². The molecule has 0 spiro atoms. The molecule has 3 rings (SSSR count). The molecule has 6 heteroatoms. The lowest BCUT2D eigenvalue weighted by Crippen LogP contribution is -2.27. The van der Waals surface area contributed by atoms with E-state index in [2.05, 4.69) is 9.97 Å². The molecule has 0 aromatic carbocycles. The van der Waals surface area contributed by atoms with Gasteiger partial charge in [-0.2, -0.15) is 0 Å². The van der Waals surface area contributed by atoms with Gasteiger partial charge in [-0.15, -0.1) is 22.7 Å². The van der Waals surface area contributed by atoms with E-state index in [1.807, 2.05) is 35.6 Å². The van der Waals surface area contributed by atoms with Gasteiger partial charge in [-0.3, -0.25) is 9.98 Å². The summed E-state index contributed by atoms with van der Waals surface area (Å²) in [6.07, 6.45) is 12.1. The van der Waals surface area contributed by atoms with Crippen molar-refractivity contribution in [3.63, 3.8) is 0 Å². The van der Waals surface area contributed by atoms with Gasteiger partial charge in [0.05, 0.1) is 24.5 Å². The molecule has 0 saturated heterocycles. The van der Waals surface area contributed by atoms with E-state index in [1.165, 1.54) is 12.8 Å². The summed E-state index contributed by atoms with van der Waals surface area (Å²) in [6.45, 7) is 0. The molecule has 0 amide bonds. The van der Waals surface area contributed by atoms with E-state index in [9.17, 15) is 0 Å². The third kappa shape index (κ3) is 3.58. The Hall–Kier alpha value is -1.40. The van der Waals surface area contributed by atoms with Crippen molar-refractivity contribution in [3.05, 3.63) is 33.2 Å². The second-order valence-electron chi connectivity index (χ2n) is 4.72. The third-order valence-corrected chi connectivity index (χ3v) is 4.77. The molecule has 1 aliphatic carbocycles. The van der Waals surface area contributed by atoms with Gasteiger partial charge in [0.2, 0.25) is 0 Å². The molecular weight excluding hydrogens is 288 g/mol. The zero-order chi connectivity index (χ0) is 13.6. The zero-order valence-electron chi connectivity index (χ0n) is 11.1. The second-order valence-corrected chi connectivity index (χ2v) is 6.57. The Labute approximate surface area is 126 Å². The maximum absolute atomic E-state index is 4.70. The Morgan fingerprint density at radius 2 is 1.40 bits per heavy atom. The van der Waals surface area contributed by atoms with Gasteiger partial charge in [0.15, 0.2) is 0 Å². The van der Waals surface area contributed by atoms with Crippen molar-refractivity contribution in [2.45, 2.75) is 37.8 Å². The molecule has 104 valence electrons. The molecule has 1 aliphatic rings. The van der Waals surface area contributed by atoms with Crippen LogP contribution in [0.3, 0.4) is 0 Å². The molecule has 0 unspecified atom stereocenters. The average Bonchev–Trinajstić information content (AvgIpc) is 3.17. The number of rotatable bonds is 4. The van der Waals surface area contributed by atoms with Crippen molar-refractivity contribution in [1.29, 1.82) is 0 Å². The standard InChI is InChI=1S/C14H16N4S2/c1-2-4-12(18-10-14-16-6-8-20-14)11(3-1)17-9-13-15-5-7-19-13/h5-12H,1-4H2/t11-,12-/m1/s1. The number of aliphatic imine (C=N–C) groups is 2. The van der Waals surface area contributed by atoms with Crippen molar-refractivity contribution < 1.29 is 0 Å². The second kappa shape index (κ2) is 6.85. The topological polar surface area (TPSA) is 50.5 Å². The summed E-state index contributed by atoms with van der Waals surface area (Å²) < 4.78 is 0. The SMILES string of the molecule is C(=N[C@@H]1CCCC[C@H]1N=Cc1nccs1)c1nccs1. The van der Waals surface area contributed by atoms with Gasteiger partial charge >= 0.3 is 0 Å². The minimum atomic E-state index is 0.281. The maximum Gasteiger partial charge on any atom is 0.133 e. The Balaban J connectivity index is 1.67. The predicted molar refractivity (Wildman–Crippen MR) is 85.5 cm³/mol. The molecule has 1 saturated carbocycles. The zero-order valence-corrected chi connectivity index (χ0v) is 12.7. The van der Waals surface area contributed by atoms with Gasteiger partial charge in [-0.1, -0.05) is 12.8 Å². The van der Waals surface area contributed by atoms with E-state index < -0.39 is 0 Å². The first-order chi connectivity index (χ1) is 9.92. The molecular formula is C14H16N4S2. The highest BCUT2D eigenvalue weighted by atomic mass is 32.1. The number of nitrogens with zero attached hydrogens (tertiary/aromatic N) is 4. The largest absolute Gasteiger partial charge is 0.284 e. The van der Waals surface area contributed by atoms with Crippen LogP contribution in [0.15, 0.2) is 33.1 Å². The van der Waals surface area contributed by atoms with E-state index in [-0.39, 0.29) is 12.1 Å². The van der Waals surface area contributed by atoms with Crippen molar-refractivity contribution in [2.75, 3.05) is 0 Å². The number of thiazole rings is 2. The van der Waals surface area contributed by atoms with Gasteiger partial charge in [0, 0.05) is 23.2 Å². The van der Waals surface area contributed by atoms with Gasteiger partial charge in [-0.05, 0) is 12.8 Å². The molecule has 1 fully saturated rings. The number of hydrogen-bond donors (Lipinski definition) is 0. The van der Waals surface area contributed by atoms with E-state index in [0.29, 0.717) is 0 Å². The van der Waals surface area contributed by atoms with Gasteiger partial charge < -0.3 is 0 Å². The van der Waals surface area contributed by atoms with Crippen molar-refractivity contribution in [2.24, 2.45) is 9.98 Å². The first kappa shape index (κ1) is 13.6. The molecule has 2 aromatic rings. The summed E-state index contributed by atoms with van der Waals surface area (Å²) in [5, 5.41) is 5.89. The highest BCUT2D eigenvalue weighted by Crippen LogP contribution is 2.24. The lowest BCUT2D eigenvalue weighted by Gasteiger charge is -2.25. The van der Waals surface area contributed by atoms with Gasteiger partial charge in [0.1, 0.15) is 10.0 Å². The summed E-state index contributed by atoms with van der Waals surface area (Å²) in [7, 11) is 0. The lowest BCUT2D eigenvalue weighted by atomic mass is 9.91. The monoisotopic (exact) mass is 304 g/mol. The fourth-order valence-corrected chi connectivity index (χ4v) is 3.36. The van der Waals surface area contributed by atoms with Crippen molar-refractivity contribution >= 4 is 35.1 Å². The Morgan fingerprint density at radius 1 is 0.900 bits per heavy atom. The van der Waals surface area contributed by atoms with Crippen LogP contribution in [0.4, 0.5) is 0 Å². The highest BCUT2D eigenvalue weighted by molar-refractivity contribution is 7.11. The summed E-state index contributed by atoms with van der Waals surface area (Å²) in [4.78, 5) is 17.9. The van der Waals surface area contributed by atoms with Gasteiger partial charge in [0.25, 0.3) is 0 Å². The molecule has 20 heavy (non-hydrogen) atoms. The first-order valence-electron chi connectivity index (χ1n) is 6.77.